The Kier molecular flexibility index (Phi) is 8.27. The predicted octanol–water partition coefficient (Wildman–Crippen LogP) is 2.58. The third kappa shape index (κ3) is 7.85. The number of alkyl halides is 3. The van der Waals surface area contributed by atoms with Crippen LogP contribution in [0.5, 0.6) is 5.75 Å². The molecule has 8 nitrogen and oxygen atoms in total. The van der Waals surface area contributed by atoms with Crippen LogP contribution in [0.4, 0.5) is 24.9 Å². The molecule has 2 aromatic rings. The number of morpholine rings is 1. The number of nitrogens with one attached hydrogen (secondary N) is 2. The maximum absolute atomic E-state index is 12.6. The lowest BCUT2D eigenvalue weighted by atomic mass is 10.1. The van der Waals surface area contributed by atoms with Crippen molar-refractivity contribution in [1.82, 2.24) is 14.9 Å². The second-order valence-corrected chi connectivity index (χ2v) is 6.92. The molecule has 1 aromatic carbocycles. The first-order valence-electron chi connectivity index (χ1n) is 10.1. The van der Waals surface area contributed by atoms with Gasteiger partial charge in [-0.3, -0.25) is 4.90 Å². The normalized spacial score (nSPS) is 15.0. The van der Waals surface area contributed by atoms with Crippen molar-refractivity contribution in [3.63, 3.8) is 0 Å². The van der Waals surface area contributed by atoms with Crippen LogP contribution in [-0.4, -0.2) is 78.9 Å². The largest absolute Gasteiger partial charge is 0.573 e. The predicted molar refractivity (Wildman–Crippen MR) is 110 cm³/mol. The topological polar surface area (TPSA) is 91.8 Å². The van der Waals surface area contributed by atoms with Crippen LogP contribution in [0.3, 0.4) is 0 Å². The van der Waals surface area contributed by atoms with E-state index in [1.54, 1.807) is 12.1 Å². The Labute approximate surface area is 178 Å². The third-order valence-corrected chi connectivity index (χ3v) is 4.55. The van der Waals surface area contributed by atoms with Crippen LogP contribution in [0.25, 0.3) is 11.3 Å². The fourth-order valence-electron chi connectivity index (χ4n) is 3.06. The summed E-state index contributed by atoms with van der Waals surface area (Å²) in [6.45, 7) is 5.11. The zero-order chi connectivity index (χ0) is 22.1. The zero-order valence-corrected chi connectivity index (χ0v) is 17.0. The molecule has 11 heteroatoms. The summed E-state index contributed by atoms with van der Waals surface area (Å²) in [6, 6.07) is 7.33. The number of anilines is 2. The van der Waals surface area contributed by atoms with E-state index in [-0.39, 0.29) is 12.4 Å². The Balaban J connectivity index is 1.75. The van der Waals surface area contributed by atoms with Crippen molar-refractivity contribution in [2.75, 3.05) is 63.2 Å². The molecule has 2 heterocycles. The zero-order valence-electron chi connectivity index (χ0n) is 17.0. The second-order valence-electron chi connectivity index (χ2n) is 6.92. The summed E-state index contributed by atoms with van der Waals surface area (Å²) >= 11 is 0. The highest BCUT2D eigenvalue weighted by atomic mass is 19.4. The molecule has 0 bridgehead atoms. The number of aromatic nitrogens is 2. The monoisotopic (exact) mass is 441 g/mol. The second kappa shape index (κ2) is 11.1. The number of aliphatic hydroxyl groups is 1. The molecule has 3 rings (SSSR count). The van der Waals surface area contributed by atoms with Gasteiger partial charge in [0.15, 0.2) is 0 Å². The number of rotatable bonds is 10. The number of aliphatic hydroxyl groups excluding tert-OH is 1. The van der Waals surface area contributed by atoms with Gasteiger partial charge in [-0.1, -0.05) is 12.1 Å². The lowest BCUT2D eigenvalue weighted by molar-refractivity contribution is -0.274. The summed E-state index contributed by atoms with van der Waals surface area (Å²) in [5.74, 6) is 0.550. The van der Waals surface area contributed by atoms with E-state index in [4.69, 9.17) is 9.84 Å². The molecule has 1 saturated heterocycles. The number of benzene rings is 1. The molecule has 0 saturated carbocycles. The maximum atomic E-state index is 12.6. The Hall–Kier alpha value is -2.63. The molecule has 0 amide bonds. The van der Waals surface area contributed by atoms with E-state index in [2.05, 4.69) is 30.2 Å². The van der Waals surface area contributed by atoms with Crippen molar-refractivity contribution < 1.29 is 27.8 Å². The first-order chi connectivity index (χ1) is 14.9. The van der Waals surface area contributed by atoms with E-state index in [0.29, 0.717) is 55.7 Å². The van der Waals surface area contributed by atoms with Crippen molar-refractivity contribution in [2.45, 2.75) is 12.8 Å². The highest BCUT2D eigenvalue weighted by Crippen LogP contribution is 2.28. The lowest BCUT2D eigenvalue weighted by Crippen LogP contribution is -2.39. The maximum Gasteiger partial charge on any atom is 0.573 e. The van der Waals surface area contributed by atoms with Gasteiger partial charge in [-0.15, -0.1) is 13.2 Å². The Bertz CT molecular complexity index is 832. The highest BCUT2D eigenvalue weighted by molar-refractivity contribution is 5.65. The summed E-state index contributed by atoms with van der Waals surface area (Å²) in [6.07, 6.45) is -4.25. The average molecular weight is 441 g/mol. The number of halogens is 3. The SMILES string of the molecule is OCCCNc1nc(NCCN2CCOCC2)cc(-c2cccc(OC(F)(F)F)c2)n1. The number of hydrogen-bond donors (Lipinski definition) is 3. The minimum Gasteiger partial charge on any atom is -0.406 e. The first kappa shape index (κ1) is 23.0. The summed E-state index contributed by atoms with van der Waals surface area (Å²) in [5.41, 5.74) is 0.911. The van der Waals surface area contributed by atoms with E-state index in [1.165, 1.54) is 18.2 Å². The molecule has 31 heavy (non-hydrogen) atoms. The van der Waals surface area contributed by atoms with Gasteiger partial charge in [0.1, 0.15) is 11.6 Å². The highest BCUT2D eigenvalue weighted by Gasteiger charge is 2.31. The summed E-state index contributed by atoms with van der Waals surface area (Å²) < 4.78 is 47.1. The molecule has 0 atom stereocenters. The van der Waals surface area contributed by atoms with Crippen LogP contribution in [0.1, 0.15) is 6.42 Å². The van der Waals surface area contributed by atoms with Crippen molar-refractivity contribution in [3.8, 4) is 17.0 Å². The smallest absolute Gasteiger partial charge is 0.406 e. The lowest BCUT2D eigenvalue weighted by Gasteiger charge is -2.26. The van der Waals surface area contributed by atoms with Crippen molar-refractivity contribution in [3.05, 3.63) is 30.3 Å². The van der Waals surface area contributed by atoms with Crippen LogP contribution in [-0.2, 0) is 4.74 Å². The minimum atomic E-state index is -4.77. The van der Waals surface area contributed by atoms with Crippen molar-refractivity contribution in [2.24, 2.45) is 0 Å². The van der Waals surface area contributed by atoms with Crippen molar-refractivity contribution >= 4 is 11.8 Å². The molecule has 1 aliphatic rings. The van der Waals surface area contributed by atoms with Crippen LogP contribution in [0, 0.1) is 0 Å². The van der Waals surface area contributed by atoms with Crippen molar-refractivity contribution in [1.29, 1.82) is 0 Å². The Morgan fingerprint density at radius 2 is 1.90 bits per heavy atom. The summed E-state index contributed by atoms with van der Waals surface area (Å²) in [4.78, 5) is 11.1. The Morgan fingerprint density at radius 1 is 1.10 bits per heavy atom. The molecule has 0 spiro atoms. The van der Waals surface area contributed by atoms with E-state index in [0.717, 1.165) is 19.6 Å². The van der Waals surface area contributed by atoms with Crippen LogP contribution in [0.15, 0.2) is 30.3 Å². The quantitative estimate of drug-likeness (QED) is 0.485. The molecule has 1 aromatic heterocycles. The van der Waals surface area contributed by atoms with Crippen LogP contribution >= 0.6 is 0 Å². The van der Waals surface area contributed by atoms with E-state index >= 15 is 0 Å². The number of ether oxygens (including phenoxy) is 2. The fourth-order valence-corrected chi connectivity index (χ4v) is 3.06. The van der Waals surface area contributed by atoms with Gasteiger partial charge in [0.25, 0.3) is 0 Å². The summed E-state index contributed by atoms with van der Waals surface area (Å²) in [5, 5.41) is 15.3. The van der Waals surface area contributed by atoms with Crippen LogP contribution in [0.2, 0.25) is 0 Å². The fraction of sp³-hybridized carbons (Fsp3) is 0.500. The number of nitrogens with zero attached hydrogens (tertiary/aromatic N) is 3. The van der Waals surface area contributed by atoms with Crippen LogP contribution < -0.4 is 15.4 Å². The van der Waals surface area contributed by atoms with Gasteiger partial charge in [-0.25, -0.2) is 4.98 Å². The summed E-state index contributed by atoms with van der Waals surface area (Å²) in [7, 11) is 0. The van der Waals surface area contributed by atoms with Gasteiger partial charge >= 0.3 is 6.36 Å². The van der Waals surface area contributed by atoms with Gasteiger partial charge in [0.2, 0.25) is 5.95 Å². The molecule has 0 unspecified atom stereocenters. The standard InChI is InChI=1S/C20H26F3N5O3/c21-20(22,23)31-16-4-1-3-15(13-16)17-14-18(27-19(26-17)25-5-2-10-29)24-6-7-28-8-11-30-12-9-28/h1,3-4,13-14,29H,2,5-12H2,(H2,24,25,26,27). The van der Waals surface area contributed by atoms with Gasteiger partial charge in [-0.2, -0.15) is 4.98 Å². The first-order valence-corrected chi connectivity index (χ1v) is 10.1. The molecule has 170 valence electrons. The minimum absolute atomic E-state index is 0.0220. The molecule has 3 N–H and O–H groups in total. The van der Waals surface area contributed by atoms with E-state index in [1.807, 2.05) is 0 Å². The number of hydrogen-bond acceptors (Lipinski definition) is 8. The van der Waals surface area contributed by atoms with E-state index < -0.39 is 6.36 Å². The third-order valence-electron chi connectivity index (χ3n) is 4.55. The van der Waals surface area contributed by atoms with Gasteiger partial charge in [-0.05, 0) is 18.6 Å². The molecular weight excluding hydrogens is 415 g/mol. The molecule has 0 radical (unpaired) electrons. The molecule has 1 aliphatic heterocycles. The molecule has 1 fully saturated rings. The van der Waals surface area contributed by atoms with Gasteiger partial charge in [0.05, 0.1) is 18.9 Å². The Morgan fingerprint density at radius 3 is 2.65 bits per heavy atom. The van der Waals surface area contributed by atoms with Gasteiger partial charge < -0.3 is 25.2 Å². The average Bonchev–Trinajstić information content (AvgIpc) is 2.74. The molecular formula is C20H26F3N5O3. The van der Waals surface area contributed by atoms with Gasteiger partial charge in [0, 0.05) is 51.0 Å². The van der Waals surface area contributed by atoms with E-state index in [9.17, 15) is 13.2 Å². The molecule has 0 aliphatic carbocycles.